The van der Waals surface area contributed by atoms with Crippen LogP contribution in [0.2, 0.25) is 10.2 Å². The summed E-state index contributed by atoms with van der Waals surface area (Å²) in [5.41, 5.74) is 0.767. The van der Waals surface area contributed by atoms with Gasteiger partial charge >= 0.3 is 0 Å². The van der Waals surface area contributed by atoms with Crippen molar-refractivity contribution in [1.82, 2.24) is 9.88 Å². The fourth-order valence-corrected chi connectivity index (χ4v) is 3.87. The average molecular weight is 403 g/mol. The van der Waals surface area contributed by atoms with Gasteiger partial charge in [-0.3, -0.25) is 4.90 Å². The minimum Gasteiger partial charge on any atom is -0.296 e. The molecule has 140 valence electrons. The first-order valence-corrected chi connectivity index (χ1v) is 9.28. The van der Waals surface area contributed by atoms with E-state index in [0.717, 1.165) is 25.5 Å². The summed E-state index contributed by atoms with van der Waals surface area (Å²) in [4.78, 5) is 6.02. The van der Waals surface area contributed by atoms with Gasteiger partial charge < -0.3 is 0 Å². The fourth-order valence-electron chi connectivity index (χ4n) is 3.52. The summed E-state index contributed by atoms with van der Waals surface area (Å²) in [6.07, 6.45) is 2.05. The van der Waals surface area contributed by atoms with Crippen LogP contribution >= 0.6 is 23.2 Å². The lowest BCUT2D eigenvalue weighted by Gasteiger charge is -2.37. The molecule has 2 aromatic rings. The van der Waals surface area contributed by atoms with E-state index in [1.807, 2.05) is 0 Å². The molecule has 1 aliphatic rings. The van der Waals surface area contributed by atoms with Crippen molar-refractivity contribution in [1.29, 1.82) is 0 Å². The largest absolute Gasteiger partial charge is 0.296 e. The van der Waals surface area contributed by atoms with Crippen LogP contribution in [0.5, 0.6) is 0 Å². The van der Waals surface area contributed by atoms with Crippen LogP contribution in [-0.2, 0) is 13.0 Å². The van der Waals surface area contributed by atoms with Crippen molar-refractivity contribution in [3.63, 3.8) is 0 Å². The Morgan fingerprint density at radius 3 is 2.69 bits per heavy atom. The molecule has 0 radical (unpaired) electrons. The Balaban J connectivity index is 1.63. The van der Waals surface area contributed by atoms with Crippen molar-refractivity contribution in [2.45, 2.75) is 38.8 Å². The standard InChI is InChI=1S/C19H19Cl2F3N2/c1-11-7-12(8-17-15(22)9-16(23)19(21)25-17)5-6-26(11)10-13-3-2-4-14(20)18(13)24/h2-4,9,11-12H,5-8,10H2,1H3/t11-,12?/m1/s1. The number of rotatable bonds is 4. The van der Waals surface area contributed by atoms with Crippen molar-refractivity contribution in [2.75, 3.05) is 6.54 Å². The lowest BCUT2D eigenvalue weighted by molar-refractivity contribution is 0.113. The third-order valence-corrected chi connectivity index (χ3v) is 5.53. The van der Waals surface area contributed by atoms with Crippen LogP contribution < -0.4 is 0 Å². The van der Waals surface area contributed by atoms with Gasteiger partial charge in [-0.2, -0.15) is 0 Å². The van der Waals surface area contributed by atoms with Gasteiger partial charge in [0.2, 0.25) is 0 Å². The van der Waals surface area contributed by atoms with Gasteiger partial charge in [0, 0.05) is 24.2 Å². The van der Waals surface area contributed by atoms with Gasteiger partial charge in [-0.05, 0) is 44.7 Å². The second-order valence-electron chi connectivity index (χ2n) is 6.82. The molecule has 0 N–H and O–H groups in total. The quantitative estimate of drug-likeness (QED) is 0.614. The molecule has 1 aromatic heterocycles. The molecule has 1 aromatic carbocycles. The van der Waals surface area contributed by atoms with Crippen LogP contribution in [-0.4, -0.2) is 22.5 Å². The normalized spacial score (nSPS) is 21.2. The van der Waals surface area contributed by atoms with E-state index in [-0.39, 0.29) is 33.6 Å². The third kappa shape index (κ3) is 4.33. The Hall–Kier alpha value is -1.30. The molecule has 1 fully saturated rings. The molecular weight excluding hydrogens is 384 g/mol. The Kier molecular flexibility index (Phi) is 6.10. The number of likely N-dealkylation sites (tertiary alicyclic amines) is 1. The van der Waals surface area contributed by atoms with Crippen molar-refractivity contribution in [3.05, 3.63) is 63.2 Å². The molecule has 2 heterocycles. The zero-order valence-electron chi connectivity index (χ0n) is 14.3. The average Bonchev–Trinajstić information content (AvgIpc) is 2.59. The summed E-state index contributed by atoms with van der Waals surface area (Å²) in [7, 11) is 0. The van der Waals surface area contributed by atoms with Gasteiger partial charge in [0.05, 0.1) is 10.7 Å². The van der Waals surface area contributed by atoms with Crippen molar-refractivity contribution < 1.29 is 13.2 Å². The highest BCUT2D eigenvalue weighted by atomic mass is 35.5. The van der Waals surface area contributed by atoms with Crippen LogP contribution in [0, 0.1) is 23.4 Å². The van der Waals surface area contributed by atoms with E-state index in [2.05, 4.69) is 16.8 Å². The molecule has 0 saturated carbocycles. The smallest absolute Gasteiger partial charge is 0.165 e. The summed E-state index contributed by atoms with van der Waals surface area (Å²) in [5, 5.41) is -0.178. The first-order chi connectivity index (χ1) is 12.3. The zero-order valence-corrected chi connectivity index (χ0v) is 15.8. The second kappa shape index (κ2) is 8.15. The number of pyridine rings is 1. The topological polar surface area (TPSA) is 16.1 Å². The SMILES string of the molecule is C[C@@H]1CC(Cc2nc(Cl)c(F)cc2F)CCN1Cc1cccc(Cl)c1F. The minimum absolute atomic E-state index is 0.125. The van der Waals surface area contributed by atoms with E-state index in [1.54, 1.807) is 12.1 Å². The Bertz CT molecular complexity index is 801. The Labute approximate surface area is 160 Å². The summed E-state index contributed by atoms with van der Waals surface area (Å²) in [5.74, 6) is -1.67. The fraction of sp³-hybridized carbons (Fsp3) is 0.421. The van der Waals surface area contributed by atoms with E-state index < -0.39 is 11.6 Å². The predicted molar refractivity (Wildman–Crippen MR) is 96.9 cm³/mol. The highest BCUT2D eigenvalue weighted by Crippen LogP contribution is 2.29. The highest BCUT2D eigenvalue weighted by molar-refractivity contribution is 6.30. The first kappa shape index (κ1) is 19.5. The number of hydrogen-bond donors (Lipinski definition) is 0. The van der Waals surface area contributed by atoms with Gasteiger partial charge in [0.25, 0.3) is 0 Å². The van der Waals surface area contributed by atoms with Crippen molar-refractivity contribution >= 4 is 23.2 Å². The molecule has 26 heavy (non-hydrogen) atoms. The van der Waals surface area contributed by atoms with Crippen LogP contribution in [0.15, 0.2) is 24.3 Å². The van der Waals surface area contributed by atoms with E-state index in [0.29, 0.717) is 18.5 Å². The van der Waals surface area contributed by atoms with Gasteiger partial charge in [-0.25, -0.2) is 18.2 Å². The molecule has 0 amide bonds. The first-order valence-electron chi connectivity index (χ1n) is 8.52. The van der Waals surface area contributed by atoms with Crippen LogP contribution in [0.25, 0.3) is 0 Å². The number of aromatic nitrogens is 1. The molecule has 1 aliphatic heterocycles. The molecule has 7 heteroatoms. The summed E-state index contributed by atoms with van der Waals surface area (Å²) >= 11 is 11.5. The van der Waals surface area contributed by atoms with E-state index in [9.17, 15) is 13.2 Å². The molecule has 0 spiro atoms. The monoisotopic (exact) mass is 402 g/mol. The molecule has 1 saturated heterocycles. The van der Waals surface area contributed by atoms with Crippen molar-refractivity contribution in [2.24, 2.45) is 5.92 Å². The van der Waals surface area contributed by atoms with Gasteiger partial charge in [0.15, 0.2) is 11.0 Å². The molecule has 3 rings (SSSR count). The Morgan fingerprint density at radius 2 is 1.96 bits per heavy atom. The molecular formula is C19H19Cl2F3N2. The van der Waals surface area contributed by atoms with Crippen molar-refractivity contribution in [3.8, 4) is 0 Å². The van der Waals surface area contributed by atoms with Gasteiger partial charge in [-0.1, -0.05) is 35.3 Å². The van der Waals surface area contributed by atoms with E-state index >= 15 is 0 Å². The summed E-state index contributed by atoms with van der Waals surface area (Å²) in [6, 6.07) is 5.99. The predicted octanol–water partition coefficient (Wildman–Crippen LogP) is 5.65. The molecule has 1 unspecified atom stereocenters. The third-order valence-electron chi connectivity index (χ3n) is 4.97. The van der Waals surface area contributed by atoms with Crippen LogP contribution in [0.3, 0.4) is 0 Å². The molecule has 0 bridgehead atoms. The van der Waals surface area contributed by atoms with E-state index in [4.69, 9.17) is 23.2 Å². The molecule has 0 aliphatic carbocycles. The lowest BCUT2D eigenvalue weighted by atomic mass is 9.87. The number of piperidine rings is 1. The maximum Gasteiger partial charge on any atom is 0.165 e. The number of halogens is 5. The van der Waals surface area contributed by atoms with E-state index in [1.165, 1.54) is 6.07 Å². The Morgan fingerprint density at radius 1 is 1.19 bits per heavy atom. The number of nitrogens with zero attached hydrogens (tertiary/aromatic N) is 2. The minimum atomic E-state index is -0.848. The van der Waals surface area contributed by atoms with Gasteiger partial charge in [0.1, 0.15) is 11.6 Å². The van der Waals surface area contributed by atoms with Crippen LogP contribution in [0.4, 0.5) is 13.2 Å². The number of hydrogen-bond acceptors (Lipinski definition) is 2. The lowest BCUT2D eigenvalue weighted by Crippen LogP contribution is -2.41. The molecule has 2 nitrogen and oxygen atoms in total. The van der Waals surface area contributed by atoms with Gasteiger partial charge in [-0.15, -0.1) is 0 Å². The van der Waals surface area contributed by atoms with Crippen LogP contribution in [0.1, 0.15) is 31.0 Å². The highest BCUT2D eigenvalue weighted by Gasteiger charge is 2.27. The maximum atomic E-state index is 14.1. The molecule has 2 atom stereocenters. The second-order valence-corrected chi connectivity index (χ2v) is 7.58. The zero-order chi connectivity index (χ0) is 18.8. The summed E-state index contributed by atoms with van der Waals surface area (Å²) in [6.45, 7) is 3.31. The number of benzene rings is 1. The maximum absolute atomic E-state index is 14.1. The summed E-state index contributed by atoms with van der Waals surface area (Å²) < 4.78 is 41.3.